The van der Waals surface area contributed by atoms with E-state index < -0.39 is 12.7 Å². The number of benzene rings is 1. The number of fused-ring (bicyclic) bond motifs is 2. The standard InChI is InChI=1S/C33H36BrFN8O3/c1-17-7-8-26(34)38-31(17)39-32(46)25-11-33(16-41(5)6)18(2)30(33)43(25)27(45)15-42-29-22(12-35)9-21(23-13-36-20(4)37-14-23)10-24(29)28(40-42)19(3)44/h7-10,13-14,18,25,30H,11-12,15-16H2,1-6H3,(H,38,39,46)/t18-,25+,30+,33+/m1/s1. The van der Waals surface area contributed by atoms with Gasteiger partial charge in [0.1, 0.15) is 41.2 Å². The molecule has 2 aliphatic rings. The molecule has 3 aromatic heterocycles. The zero-order valence-electron chi connectivity index (χ0n) is 26.6. The maximum atomic E-state index is 14.7. The first kappa shape index (κ1) is 31.9. The minimum absolute atomic E-state index is 0.140. The van der Waals surface area contributed by atoms with Crippen LogP contribution < -0.4 is 5.32 Å². The predicted octanol–water partition coefficient (Wildman–Crippen LogP) is 4.75. The van der Waals surface area contributed by atoms with Gasteiger partial charge in [-0.15, -0.1) is 0 Å². The Balaban J connectivity index is 1.38. The molecule has 0 spiro atoms. The first-order chi connectivity index (χ1) is 21.8. The number of anilines is 1. The van der Waals surface area contributed by atoms with Gasteiger partial charge in [-0.05, 0) is 85.5 Å². The van der Waals surface area contributed by atoms with Crippen molar-refractivity contribution in [3.63, 3.8) is 0 Å². The van der Waals surface area contributed by atoms with Gasteiger partial charge in [0.05, 0.1) is 5.52 Å². The second-order valence-electron chi connectivity index (χ2n) is 12.8. The van der Waals surface area contributed by atoms with E-state index in [1.807, 2.05) is 27.1 Å². The number of nitrogens with zero attached hydrogens (tertiary/aromatic N) is 7. The maximum Gasteiger partial charge on any atom is 0.248 e. The van der Waals surface area contributed by atoms with Crippen molar-refractivity contribution in [2.45, 2.75) is 59.4 Å². The molecule has 1 N–H and O–H groups in total. The fourth-order valence-electron chi connectivity index (χ4n) is 7.22. The maximum absolute atomic E-state index is 14.7. The summed E-state index contributed by atoms with van der Waals surface area (Å²) in [6, 6.07) is 6.19. The van der Waals surface area contributed by atoms with Crippen molar-refractivity contribution in [1.82, 2.24) is 34.5 Å². The summed E-state index contributed by atoms with van der Waals surface area (Å²) in [5.41, 5.74) is 2.66. The van der Waals surface area contributed by atoms with Crippen LogP contribution in [0.25, 0.3) is 22.0 Å². The lowest BCUT2D eigenvalue weighted by Gasteiger charge is -2.28. The average molecular weight is 692 g/mol. The molecule has 6 rings (SSSR count). The summed E-state index contributed by atoms with van der Waals surface area (Å²) in [5.74, 6) is 0.250. The molecule has 1 aromatic carbocycles. The number of piperidine rings is 1. The highest BCUT2D eigenvalue weighted by atomic mass is 79.9. The number of hydrogen-bond acceptors (Lipinski definition) is 8. The number of halogens is 2. The molecule has 46 heavy (non-hydrogen) atoms. The van der Waals surface area contributed by atoms with Gasteiger partial charge in [-0.3, -0.25) is 19.1 Å². The van der Waals surface area contributed by atoms with E-state index in [1.54, 1.807) is 42.4 Å². The molecule has 0 bridgehead atoms. The first-order valence-electron chi connectivity index (χ1n) is 15.1. The van der Waals surface area contributed by atoms with Gasteiger partial charge in [-0.25, -0.2) is 19.3 Å². The van der Waals surface area contributed by atoms with Gasteiger partial charge >= 0.3 is 0 Å². The summed E-state index contributed by atoms with van der Waals surface area (Å²) in [6.45, 7) is 6.75. The number of aromatic nitrogens is 5. The number of carbonyl (C=O) groups is 3. The van der Waals surface area contributed by atoms with Crippen LogP contribution in [0.5, 0.6) is 0 Å². The zero-order valence-corrected chi connectivity index (χ0v) is 28.2. The highest BCUT2D eigenvalue weighted by Gasteiger charge is 2.72. The number of rotatable bonds is 9. The molecule has 2 fully saturated rings. The SMILES string of the molecule is CC(=O)c1nn(CC(=O)N2[C@H]3[C@@H](C)[C@@]3(CN(C)C)C[C@H]2C(=O)Nc2nc(Br)ccc2C)c2c(CF)cc(-c3cnc(C)nc3)cc12. The predicted molar refractivity (Wildman–Crippen MR) is 175 cm³/mol. The number of pyridine rings is 1. The number of Topliss-reactive ketones (excluding diaryl/α,β-unsaturated/α-hetero) is 1. The molecule has 13 heteroatoms. The molecule has 240 valence electrons. The minimum atomic E-state index is -0.840. The Hall–Kier alpha value is -4.10. The Morgan fingerprint density at radius 3 is 2.50 bits per heavy atom. The smallest absolute Gasteiger partial charge is 0.248 e. The van der Waals surface area contributed by atoms with Crippen LogP contribution >= 0.6 is 15.9 Å². The fourth-order valence-corrected chi connectivity index (χ4v) is 7.53. The van der Waals surface area contributed by atoms with Crippen LogP contribution in [0.15, 0.2) is 41.3 Å². The van der Waals surface area contributed by atoms with Crippen LogP contribution in [-0.4, -0.2) is 84.9 Å². The highest BCUT2D eigenvalue weighted by molar-refractivity contribution is 9.10. The lowest BCUT2D eigenvalue weighted by Crippen LogP contribution is -2.47. The summed E-state index contributed by atoms with van der Waals surface area (Å²) in [6.07, 6.45) is 3.79. The van der Waals surface area contributed by atoms with Gasteiger partial charge in [0.15, 0.2) is 5.78 Å². The topological polar surface area (TPSA) is 126 Å². The van der Waals surface area contributed by atoms with Gasteiger partial charge in [0.2, 0.25) is 11.8 Å². The number of nitrogens with one attached hydrogen (secondary N) is 1. The number of hydrogen-bond donors (Lipinski definition) is 1. The molecule has 1 saturated heterocycles. The van der Waals surface area contributed by atoms with Crippen LogP contribution in [0, 0.1) is 25.2 Å². The molecule has 4 heterocycles. The van der Waals surface area contributed by atoms with Gasteiger partial charge in [-0.1, -0.05) is 13.0 Å². The number of likely N-dealkylation sites (tertiary alicyclic amines) is 1. The first-order valence-corrected chi connectivity index (χ1v) is 15.9. The zero-order chi connectivity index (χ0) is 33.1. The van der Waals surface area contributed by atoms with Gasteiger partial charge in [-0.2, -0.15) is 5.10 Å². The van der Waals surface area contributed by atoms with E-state index in [2.05, 4.69) is 53.1 Å². The van der Waals surface area contributed by atoms with Gasteiger partial charge < -0.3 is 15.1 Å². The number of aryl methyl sites for hydroxylation is 2. The molecule has 11 nitrogen and oxygen atoms in total. The normalized spacial score (nSPS) is 21.9. The van der Waals surface area contributed by atoms with Crippen LogP contribution in [0.4, 0.5) is 10.2 Å². The Labute approximate surface area is 274 Å². The fraction of sp³-hybridized carbons (Fsp3) is 0.424. The molecule has 0 radical (unpaired) electrons. The molecular weight excluding hydrogens is 655 g/mol. The van der Waals surface area contributed by atoms with Crippen molar-refractivity contribution >= 4 is 50.2 Å². The third-order valence-corrected chi connectivity index (χ3v) is 9.82. The van der Waals surface area contributed by atoms with Crippen molar-refractivity contribution in [2.75, 3.05) is 26.0 Å². The Bertz CT molecular complexity index is 1880. The molecule has 0 unspecified atom stereocenters. The second-order valence-corrected chi connectivity index (χ2v) is 13.6. The molecule has 1 aliphatic carbocycles. The third kappa shape index (κ3) is 5.49. The second kappa shape index (κ2) is 11.9. The van der Waals surface area contributed by atoms with E-state index in [4.69, 9.17) is 0 Å². The van der Waals surface area contributed by atoms with E-state index in [-0.39, 0.29) is 52.8 Å². The largest absolute Gasteiger partial charge is 0.325 e. The van der Waals surface area contributed by atoms with Crippen molar-refractivity contribution in [3.8, 4) is 11.1 Å². The summed E-state index contributed by atoms with van der Waals surface area (Å²) in [7, 11) is 3.97. The molecule has 4 atom stereocenters. The summed E-state index contributed by atoms with van der Waals surface area (Å²) in [5, 5.41) is 7.93. The lowest BCUT2D eigenvalue weighted by molar-refractivity contribution is -0.138. The van der Waals surface area contributed by atoms with E-state index in [1.165, 1.54) is 11.6 Å². The van der Waals surface area contributed by atoms with Crippen molar-refractivity contribution in [1.29, 1.82) is 0 Å². The molecule has 4 aromatic rings. The number of alkyl halides is 1. The quantitative estimate of drug-likeness (QED) is 0.197. The Kier molecular flexibility index (Phi) is 8.26. The van der Waals surface area contributed by atoms with E-state index >= 15 is 0 Å². The number of ketones is 1. The van der Waals surface area contributed by atoms with E-state index in [0.717, 1.165) is 12.1 Å². The Morgan fingerprint density at radius 2 is 1.85 bits per heavy atom. The van der Waals surface area contributed by atoms with Crippen LogP contribution in [0.3, 0.4) is 0 Å². The molecular formula is C33H36BrFN8O3. The third-order valence-electron chi connectivity index (χ3n) is 9.37. The molecule has 1 aliphatic heterocycles. The number of amides is 2. The monoisotopic (exact) mass is 690 g/mol. The summed E-state index contributed by atoms with van der Waals surface area (Å²) in [4.78, 5) is 57.6. The van der Waals surface area contributed by atoms with Gasteiger partial charge in [0.25, 0.3) is 0 Å². The van der Waals surface area contributed by atoms with Crippen LogP contribution in [0.1, 0.15) is 47.7 Å². The van der Waals surface area contributed by atoms with E-state index in [0.29, 0.717) is 44.7 Å². The summed E-state index contributed by atoms with van der Waals surface area (Å²) < 4.78 is 16.6. The summed E-state index contributed by atoms with van der Waals surface area (Å²) >= 11 is 3.37. The van der Waals surface area contributed by atoms with Crippen molar-refractivity contribution in [2.24, 2.45) is 11.3 Å². The number of carbonyl (C=O) groups excluding carboxylic acids is 3. The van der Waals surface area contributed by atoms with Crippen molar-refractivity contribution < 1.29 is 18.8 Å². The molecule has 2 amide bonds. The van der Waals surface area contributed by atoms with E-state index in [9.17, 15) is 18.8 Å². The van der Waals surface area contributed by atoms with Crippen LogP contribution in [-0.2, 0) is 22.8 Å². The lowest BCUT2D eigenvalue weighted by atomic mass is 9.95. The average Bonchev–Trinajstić information content (AvgIpc) is 3.28. The Morgan fingerprint density at radius 1 is 1.13 bits per heavy atom. The van der Waals surface area contributed by atoms with Crippen LogP contribution in [0.2, 0.25) is 0 Å². The van der Waals surface area contributed by atoms with Crippen molar-refractivity contribution in [3.05, 3.63) is 63.9 Å². The highest BCUT2D eigenvalue weighted by Crippen LogP contribution is 2.64. The van der Waals surface area contributed by atoms with Gasteiger partial charge in [0, 0.05) is 53.8 Å². The minimum Gasteiger partial charge on any atom is -0.325 e. The molecule has 1 saturated carbocycles.